The Balaban J connectivity index is 2.35. The maximum absolute atomic E-state index is 11.8. The molecule has 2 atom stereocenters. The molecule has 94 valence electrons. The van der Waals surface area contributed by atoms with Crippen LogP contribution in [0.3, 0.4) is 0 Å². The Morgan fingerprint density at radius 1 is 1.31 bits per heavy atom. The van der Waals surface area contributed by atoms with Crippen LogP contribution in [0.1, 0.15) is 32.6 Å². The minimum Gasteiger partial charge on any atom is -0.342 e. The van der Waals surface area contributed by atoms with Crippen LogP contribution >= 0.6 is 0 Å². The molecule has 16 heavy (non-hydrogen) atoms. The Morgan fingerprint density at radius 2 is 1.88 bits per heavy atom. The highest BCUT2D eigenvalue weighted by atomic mass is 32.2. The van der Waals surface area contributed by atoms with Crippen LogP contribution in [-0.2, 0) is 15.6 Å². The summed E-state index contributed by atoms with van der Waals surface area (Å²) >= 11 is 0. The van der Waals surface area contributed by atoms with Crippen molar-refractivity contribution in [2.24, 2.45) is 5.73 Å². The predicted molar refractivity (Wildman–Crippen MR) is 66.6 cm³/mol. The zero-order valence-electron chi connectivity index (χ0n) is 9.98. The minimum atomic E-state index is -1.10. The third kappa shape index (κ3) is 5.07. The van der Waals surface area contributed by atoms with Gasteiger partial charge >= 0.3 is 0 Å². The van der Waals surface area contributed by atoms with E-state index in [1.54, 1.807) is 0 Å². The molecule has 0 saturated carbocycles. The van der Waals surface area contributed by atoms with E-state index in [1.165, 1.54) is 12.8 Å². The molecule has 0 radical (unpaired) electrons. The molecule has 2 unspecified atom stereocenters. The van der Waals surface area contributed by atoms with Crippen LogP contribution < -0.4 is 5.73 Å². The van der Waals surface area contributed by atoms with Crippen LogP contribution in [0.15, 0.2) is 0 Å². The lowest BCUT2D eigenvalue weighted by Gasteiger charge is -2.20. The fourth-order valence-corrected chi connectivity index (χ4v) is 3.06. The monoisotopic (exact) mass is 246 g/mol. The van der Waals surface area contributed by atoms with Crippen molar-refractivity contribution in [1.29, 1.82) is 0 Å². The zero-order valence-corrected chi connectivity index (χ0v) is 10.8. The third-order valence-corrected chi connectivity index (χ3v) is 4.16. The first-order valence-corrected chi connectivity index (χ1v) is 7.46. The van der Waals surface area contributed by atoms with Gasteiger partial charge in [-0.2, -0.15) is 0 Å². The number of carbonyl (C=O) groups excluding carboxylic acids is 1. The van der Waals surface area contributed by atoms with E-state index in [1.807, 2.05) is 11.8 Å². The molecule has 1 rings (SSSR count). The van der Waals surface area contributed by atoms with E-state index in [0.29, 0.717) is 5.75 Å². The molecule has 0 spiro atoms. The molecule has 2 N–H and O–H groups in total. The third-order valence-electron chi connectivity index (χ3n) is 2.69. The van der Waals surface area contributed by atoms with Gasteiger partial charge in [0.2, 0.25) is 5.91 Å². The lowest BCUT2D eigenvalue weighted by molar-refractivity contribution is -0.128. The lowest BCUT2D eigenvalue weighted by Crippen LogP contribution is -2.37. The number of rotatable bonds is 4. The molecule has 0 aromatic heterocycles. The minimum absolute atomic E-state index is 0.0286. The quantitative estimate of drug-likeness (QED) is 0.785. The molecule has 1 saturated heterocycles. The first-order valence-electron chi connectivity index (χ1n) is 5.98. The summed E-state index contributed by atoms with van der Waals surface area (Å²) in [7, 11) is -1.10. The van der Waals surface area contributed by atoms with Gasteiger partial charge in [0.15, 0.2) is 0 Å². The van der Waals surface area contributed by atoms with E-state index in [2.05, 4.69) is 0 Å². The van der Waals surface area contributed by atoms with E-state index >= 15 is 0 Å². The van der Waals surface area contributed by atoms with E-state index in [0.717, 1.165) is 25.9 Å². The summed E-state index contributed by atoms with van der Waals surface area (Å²) in [6.45, 7) is 3.47. The van der Waals surface area contributed by atoms with Crippen molar-refractivity contribution >= 4 is 16.7 Å². The van der Waals surface area contributed by atoms with Crippen molar-refractivity contribution in [2.45, 2.75) is 38.6 Å². The molecule has 0 aromatic carbocycles. The highest BCUT2D eigenvalue weighted by molar-refractivity contribution is 7.85. The van der Waals surface area contributed by atoms with Crippen LogP contribution in [0.5, 0.6) is 0 Å². The van der Waals surface area contributed by atoms with Crippen LogP contribution in [-0.4, -0.2) is 45.7 Å². The maximum Gasteiger partial charge on any atom is 0.235 e. The number of amides is 1. The summed E-state index contributed by atoms with van der Waals surface area (Å²) in [6, 6.07) is -0.0993. The Labute approximate surface area is 100 Å². The molecule has 0 aliphatic carbocycles. The van der Waals surface area contributed by atoms with Gasteiger partial charge in [0.05, 0.1) is 0 Å². The SMILES string of the molecule is CC(N)CS(=O)CC(=O)N1CCCCCC1. The average molecular weight is 246 g/mol. The first-order chi connectivity index (χ1) is 7.59. The lowest BCUT2D eigenvalue weighted by atomic mass is 10.2. The summed E-state index contributed by atoms with van der Waals surface area (Å²) in [6.07, 6.45) is 4.55. The largest absolute Gasteiger partial charge is 0.342 e. The molecule has 1 aliphatic rings. The fraction of sp³-hybridized carbons (Fsp3) is 0.909. The highest BCUT2D eigenvalue weighted by Crippen LogP contribution is 2.10. The number of nitrogens with zero attached hydrogens (tertiary/aromatic N) is 1. The first kappa shape index (κ1) is 13.6. The summed E-state index contributed by atoms with van der Waals surface area (Å²) in [5.41, 5.74) is 5.55. The van der Waals surface area contributed by atoms with Crippen molar-refractivity contribution in [2.75, 3.05) is 24.6 Å². The molecule has 5 heteroatoms. The van der Waals surface area contributed by atoms with Crippen molar-refractivity contribution in [3.05, 3.63) is 0 Å². The van der Waals surface area contributed by atoms with Gasteiger partial charge in [-0.05, 0) is 19.8 Å². The van der Waals surface area contributed by atoms with Crippen molar-refractivity contribution < 1.29 is 9.00 Å². The van der Waals surface area contributed by atoms with Crippen molar-refractivity contribution in [3.8, 4) is 0 Å². The van der Waals surface area contributed by atoms with Crippen molar-refractivity contribution in [1.82, 2.24) is 4.90 Å². The fourth-order valence-electron chi connectivity index (χ4n) is 1.90. The Hall–Kier alpha value is -0.420. The van der Waals surface area contributed by atoms with E-state index < -0.39 is 10.8 Å². The molecular formula is C11H22N2O2S. The van der Waals surface area contributed by atoms with Crippen LogP contribution in [0.25, 0.3) is 0 Å². The van der Waals surface area contributed by atoms with Gasteiger partial charge in [0.1, 0.15) is 5.75 Å². The summed E-state index contributed by atoms with van der Waals surface area (Å²) in [5, 5.41) is 0. The van der Waals surface area contributed by atoms with Crippen LogP contribution in [0, 0.1) is 0 Å². The Morgan fingerprint density at radius 3 is 2.38 bits per heavy atom. The molecule has 0 bridgehead atoms. The summed E-state index contributed by atoms with van der Waals surface area (Å²) < 4.78 is 11.6. The van der Waals surface area contributed by atoms with Gasteiger partial charge in [-0.25, -0.2) is 0 Å². The van der Waals surface area contributed by atoms with E-state index in [-0.39, 0.29) is 17.7 Å². The molecule has 1 heterocycles. The van der Waals surface area contributed by atoms with Gasteiger partial charge in [0, 0.05) is 35.7 Å². The number of hydrogen-bond acceptors (Lipinski definition) is 3. The molecule has 4 nitrogen and oxygen atoms in total. The smallest absolute Gasteiger partial charge is 0.235 e. The number of carbonyl (C=O) groups is 1. The standard InChI is InChI=1S/C11H22N2O2S/c1-10(12)8-16(15)9-11(14)13-6-4-2-3-5-7-13/h10H,2-9,12H2,1H3. The topological polar surface area (TPSA) is 63.4 Å². The molecular weight excluding hydrogens is 224 g/mol. The molecule has 1 aliphatic heterocycles. The second-order valence-electron chi connectivity index (χ2n) is 4.52. The van der Waals surface area contributed by atoms with Crippen LogP contribution in [0.2, 0.25) is 0 Å². The van der Waals surface area contributed by atoms with Gasteiger partial charge in [-0.1, -0.05) is 12.8 Å². The van der Waals surface area contributed by atoms with Gasteiger partial charge in [-0.3, -0.25) is 9.00 Å². The molecule has 1 fully saturated rings. The number of nitrogens with two attached hydrogens (primary N) is 1. The highest BCUT2D eigenvalue weighted by Gasteiger charge is 2.18. The Kier molecular flexibility index (Phi) is 5.98. The summed E-state index contributed by atoms with van der Waals surface area (Å²) in [4.78, 5) is 13.7. The number of hydrogen-bond donors (Lipinski definition) is 1. The van der Waals surface area contributed by atoms with Crippen molar-refractivity contribution in [3.63, 3.8) is 0 Å². The summed E-state index contributed by atoms with van der Waals surface area (Å²) in [5.74, 6) is 0.585. The maximum atomic E-state index is 11.8. The van der Waals surface area contributed by atoms with E-state index in [4.69, 9.17) is 5.73 Å². The zero-order chi connectivity index (χ0) is 12.0. The normalized spacial score (nSPS) is 21.2. The van der Waals surface area contributed by atoms with Gasteiger partial charge in [0.25, 0.3) is 0 Å². The average Bonchev–Trinajstić information content (AvgIpc) is 2.43. The second kappa shape index (κ2) is 7.01. The number of likely N-dealkylation sites (tertiary alicyclic amines) is 1. The van der Waals surface area contributed by atoms with E-state index in [9.17, 15) is 9.00 Å². The Bertz CT molecular complexity index is 248. The van der Waals surface area contributed by atoms with Crippen LogP contribution in [0.4, 0.5) is 0 Å². The molecule has 0 aromatic rings. The van der Waals surface area contributed by atoms with Gasteiger partial charge in [-0.15, -0.1) is 0 Å². The van der Waals surface area contributed by atoms with Gasteiger partial charge < -0.3 is 10.6 Å². The second-order valence-corrected chi connectivity index (χ2v) is 6.02. The predicted octanol–water partition coefficient (Wildman–Crippen LogP) is 0.485. The molecule has 1 amide bonds.